The van der Waals surface area contributed by atoms with Crippen molar-refractivity contribution < 1.29 is 0 Å². The van der Waals surface area contributed by atoms with Gasteiger partial charge >= 0.3 is 0 Å². The van der Waals surface area contributed by atoms with Crippen LogP contribution < -0.4 is 5.32 Å². The fourth-order valence-corrected chi connectivity index (χ4v) is 2.33. The molecule has 2 saturated heterocycles. The first kappa shape index (κ1) is 18.3. The maximum Gasteiger partial charge on any atom is 0.0117 e. The summed E-state index contributed by atoms with van der Waals surface area (Å²) >= 11 is 0. The summed E-state index contributed by atoms with van der Waals surface area (Å²) < 4.78 is 0. The van der Waals surface area contributed by atoms with Crippen LogP contribution in [0.2, 0.25) is 0 Å². The Kier molecular flexibility index (Phi) is 11.5. The van der Waals surface area contributed by atoms with E-state index in [1.54, 1.807) is 0 Å². The minimum Gasteiger partial charge on any atom is -0.315 e. The second-order valence-corrected chi connectivity index (χ2v) is 4.06. The third-order valence-electron chi connectivity index (χ3n) is 3.17. The van der Waals surface area contributed by atoms with Gasteiger partial charge in [0.1, 0.15) is 0 Å². The van der Waals surface area contributed by atoms with Gasteiger partial charge < -0.3 is 10.2 Å². The molecule has 2 heteroatoms. The van der Waals surface area contributed by atoms with Crippen molar-refractivity contribution in [3.63, 3.8) is 0 Å². The minimum atomic E-state index is 0.661. The predicted octanol–water partition coefficient (Wildman–Crippen LogP) is 3.24. The number of hydrogen-bond donors (Lipinski definition) is 1. The van der Waals surface area contributed by atoms with Gasteiger partial charge in [0.25, 0.3) is 0 Å². The molecule has 1 unspecified atom stereocenters. The number of rotatable bonds is 0. The zero-order valence-electron chi connectivity index (χ0n) is 12.9. The van der Waals surface area contributed by atoms with E-state index in [1.165, 1.54) is 26.2 Å². The second-order valence-electron chi connectivity index (χ2n) is 4.06. The Morgan fingerprint density at radius 2 is 1.44 bits per heavy atom. The van der Waals surface area contributed by atoms with Gasteiger partial charge in [-0.05, 0) is 13.0 Å². The van der Waals surface area contributed by atoms with E-state index >= 15 is 0 Å². The molecule has 2 aliphatic rings. The van der Waals surface area contributed by atoms with Crippen LogP contribution in [0.3, 0.4) is 0 Å². The van der Waals surface area contributed by atoms with Gasteiger partial charge in [-0.1, -0.05) is 48.5 Å². The Labute approximate surface area is 104 Å². The summed E-state index contributed by atoms with van der Waals surface area (Å²) in [6, 6.07) is 0. The number of nitrogens with zero attached hydrogens (tertiary/aromatic N) is 1. The third kappa shape index (κ3) is 4.42. The average Bonchev–Trinajstić information content (AvgIpc) is 2.62. The van der Waals surface area contributed by atoms with Crippen molar-refractivity contribution in [1.29, 1.82) is 0 Å². The SMILES string of the molecule is CC.CC.CC.CC1CN(C)CC12CNC2. The van der Waals surface area contributed by atoms with E-state index in [9.17, 15) is 0 Å². The number of likely N-dealkylation sites (tertiary alicyclic amines) is 1. The summed E-state index contributed by atoms with van der Waals surface area (Å²) in [7, 11) is 2.23. The topological polar surface area (TPSA) is 15.3 Å². The summed E-state index contributed by atoms with van der Waals surface area (Å²) in [5.41, 5.74) is 0.661. The summed E-state index contributed by atoms with van der Waals surface area (Å²) in [6.45, 7) is 19.5. The van der Waals surface area contributed by atoms with Crippen molar-refractivity contribution in [3.8, 4) is 0 Å². The van der Waals surface area contributed by atoms with E-state index in [4.69, 9.17) is 0 Å². The zero-order valence-corrected chi connectivity index (χ0v) is 12.9. The Bertz CT molecular complexity index is 142. The second kappa shape index (κ2) is 10.1. The number of hydrogen-bond acceptors (Lipinski definition) is 2. The fourth-order valence-electron chi connectivity index (χ4n) is 2.33. The molecule has 0 saturated carbocycles. The molecular formula is C14H34N2. The maximum atomic E-state index is 3.37. The van der Waals surface area contributed by atoms with Gasteiger partial charge in [0, 0.05) is 31.6 Å². The van der Waals surface area contributed by atoms with E-state index in [1.807, 2.05) is 41.5 Å². The van der Waals surface area contributed by atoms with Crippen molar-refractivity contribution in [2.24, 2.45) is 11.3 Å². The molecule has 0 aromatic carbocycles. The molecule has 100 valence electrons. The maximum absolute atomic E-state index is 3.37. The zero-order chi connectivity index (χ0) is 13.2. The van der Waals surface area contributed by atoms with Gasteiger partial charge in [-0.2, -0.15) is 0 Å². The van der Waals surface area contributed by atoms with Crippen LogP contribution in [0, 0.1) is 11.3 Å². The summed E-state index contributed by atoms with van der Waals surface area (Å²) in [5, 5.41) is 3.37. The minimum absolute atomic E-state index is 0.661. The van der Waals surface area contributed by atoms with Gasteiger partial charge in [-0.25, -0.2) is 0 Å². The van der Waals surface area contributed by atoms with Crippen molar-refractivity contribution >= 4 is 0 Å². The van der Waals surface area contributed by atoms with Crippen LogP contribution in [0.4, 0.5) is 0 Å². The van der Waals surface area contributed by atoms with Gasteiger partial charge in [0.15, 0.2) is 0 Å². The Balaban J connectivity index is 0. The molecule has 1 spiro atoms. The van der Waals surface area contributed by atoms with Gasteiger partial charge in [0.2, 0.25) is 0 Å². The molecule has 0 bridgehead atoms. The Hall–Kier alpha value is -0.0800. The smallest absolute Gasteiger partial charge is 0.0117 e. The normalized spacial score (nSPS) is 25.1. The molecule has 1 atom stereocenters. The Morgan fingerprint density at radius 1 is 1.00 bits per heavy atom. The van der Waals surface area contributed by atoms with E-state index in [2.05, 4.69) is 24.2 Å². The lowest BCUT2D eigenvalue weighted by Crippen LogP contribution is -2.57. The first-order chi connectivity index (χ1) is 7.73. The first-order valence-electron chi connectivity index (χ1n) is 7.12. The lowest BCUT2D eigenvalue weighted by molar-refractivity contribution is 0.133. The molecule has 2 aliphatic heterocycles. The van der Waals surface area contributed by atoms with E-state index in [0.29, 0.717) is 5.41 Å². The highest BCUT2D eigenvalue weighted by atomic mass is 15.2. The lowest BCUT2D eigenvalue weighted by atomic mass is 9.74. The largest absolute Gasteiger partial charge is 0.315 e. The summed E-state index contributed by atoms with van der Waals surface area (Å²) in [5.74, 6) is 0.902. The molecule has 0 aromatic rings. The molecule has 0 aliphatic carbocycles. The molecule has 2 fully saturated rings. The van der Waals surface area contributed by atoms with E-state index < -0.39 is 0 Å². The number of nitrogens with one attached hydrogen (secondary N) is 1. The molecule has 0 amide bonds. The molecule has 16 heavy (non-hydrogen) atoms. The van der Waals surface area contributed by atoms with E-state index in [0.717, 1.165) is 5.92 Å². The van der Waals surface area contributed by atoms with Crippen molar-refractivity contribution in [1.82, 2.24) is 10.2 Å². The van der Waals surface area contributed by atoms with Gasteiger partial charge in [0.05, 0.1) is 0 Å². The third-order valence-corrected chi connectivity index (χ3v) is 3.17. The van der Waals surface area contributed by atoms with E-state index in [-0.39, 0.29) is 0 Å². The Morgan fingerprint density at radius 3 is 1.56 bits per heavy atom. The van der Waals surface area contributed by atoms with Crippen molar-refractivity contribution in [2.75, 3.05) is 33.2 Å². The predicted molar refractivity (Wildman–Crippen MR) is 76.0 cm³/mol. The van der Waals surface area contributed by atoms with Crippen LogP contribution in [0.1, 0.15) is 48.5 Å². The highest BCUT2D eigenvalue weighted by Crippen LogP contribution is 2.38. The van der Waals surface area contributed by atoms with Crippen LogP contribution in [-0.2, 0) is 0 Å². The van der Waals surface area contributed by atoms with Crippen LogP contribution in [0.25, 0.3) is 0 Å². The lowest BCUT2D eigenvalue weighted by Gasteiger charge is -2.42. The quantitative estimate of drug-likeness (QED) is 0.687. The average molecular weight is 230 g/mol. The molecule has 0 aromatic heterocycles. The standard InChI is InChI=1S/C8H16N2.3C2H6/c1-7-3-10(2)6-8(7)4-9-5-8;3*1-2/h7,9H,3-6H2,1-2H3;3*1-2H3. The highest BCUT2D eigenvalue weighted by Gasteiger charge is 2.46. The first-order valence-corrected chi connectivity index (χ1v) is 7.12. The summed E-state index contributed by atoms with van der Waals surface area (Å²) in [4.78, 5) is 2.45. The van der Waals surface area contributed by atoms with Crippen LogP contribution >= 0.6 is 0 Å². The van der Waals surface area contributed by atoms with Gasteiger partial charge in [-0.3, -0.25) is 0 Å². The summed E-state index contributed by atoms with van der Waals surface area (Å²) in [6.07, 6.45) is 0. The molecule has 1 N–H and O–H groups in total. The van der Waals surface area contributed by atoms with Crippen molar-refractivity contribution in [2.45, 2.75) is 48.5 Å². The van der Waals surface area contributed by atoms with Crippen molar-refractivity contribution in [3.05, 3.63) is 0 Å². The van der Waals surface area contributed by atoms with Crippen LogP contribution in [-0.4, -0.2) is 38.1 Å². The monoisotopic (exact) mass is 230 g/mol. The molecule has 0 radical (unpaired) electrons. The highest BCUT2D eigenvalue weighted by molar-refractivity contribution is 5.02. The molecular weight excluding hydrogens is 196 g/mol. The van der Waals surface area contributed by atoms with Crippen LogP contribution in [0.15, 0.2) is 0 Å². The molecule has 2 heterocycles. The van der Waals surface area contributed by atoms with Gasteiger partial charge in [-0.15, -0.1) is 0 Å². The molecule has 2 rings (SSSR count). The van der Waals surface area contributed by atoms with Crippen LogP contribution in [0.5, 0.6) is 0 Å². The fraction of sp³-hybridized carbons (Fsp3) is 1.00. The molecule has 2 nitrogen and oxygen atoms in total.